The molecule has 168 valence electrons. The van der Waals surface area contributed by atoms with E-state index in [-0.39, 0.29) is 29.7 Å². The molecule has 5 rings (SSSR count). The zero-order valence-corrected chi connectivity index (χ0v) is 19.2. The lowest BCUT2D eigenvalue weighted by atomic mass is 10.0. The number of amides is 1. The van der Waals surface area contributed by atoms with E-state index in [2.05, 4.69) is 5.16 Å². The lowest BCUT2D eigenvalue weighted by molar-refractivity contribution is 0.0671. The second-order valence-electron chi connectivity index (χ2n) is 8.21. The summed E-state index contributed by atoms with van der Waals surface area (Å²) in [6, 6.07) is 22.1. The Morgan fingerprint density at radius 1 is 1.06 bits per heavy atom. The van der Waals surface area contributed by atoms with Crippen LogP contribution in [0, 0.1) is 0 Å². The molecule has 0 aliphatic carbocycles. The average molecular weight is 481 g/mol. The molecule has 0 unspecified atom stereocenters. The molecule has 0 saturated carbocycles. The van der Waals surface area contributed by atoms with Crippen LogP contribution in [0.3, 0.4) is 0 Å². The fourth-order valence-electron chi connectivity index (χ4n) is 4.28. The summed E-state index contributed by atoms with van der Waals surface area (Å²) in [5, 5.41) is 6.69. The van der Waals surface area contributed by atoms with Crippen LogP contribution in [0.4, 0.5) is 0 Å². The summed E-state index contributed by atoms with van der Waals surface area (Å²) in [6.07, 6.45) is 0.404. The van der Waals surface area contributed by atoms with Crippen molar-refractivity contribution in [1.82, 2.24) is 10.1 Å². The van der Waals surface area contributed by atoms with Gasteiger partial charge in [-0.05, 0) is 47.0 Å². The van der Waals surface area contributed by atoms with Gasteiger partial charge in [0.15, 0.2) is 21.3 Å². The zero-order chi connectivity index (χ0) is 23.0. The number of sulfone groups is 1. The highest BCUT2D eigenvalue weighted by atomic mass is 35.5. The minimum absolute atomic E-state index is 0.0502. The molecule has 1 amide bonds. The molecule has 0 N–H and O–H groups in total. The Balaban J connectivity index is 1.49. The number of nitrogens with zero attached hydrogens (tertiary/aromatic N) is 2. The molecule has 1 aliphatic heterocycles. The second kappa shape index (κ2) is 8.65. The first-order valence-corrected chi connectivity index (χ1v) is 12.8. The predicted molar refractivity (Wildman–Crippen MR) is 128 cm³/mol. The number of fused-ring (bicyclic) bond motifs is 1. The maximum absolute atomic E-state index is 13.6. The SMILES string of the molecule is O=C(c1cc(-c2ccc(Cl)cc2)on1)N(Cc1cccc2ccccc12)[C@H]1CCS(=O)(=O)C1. The lowest BCUT2D eigenvalue weighted by Gasteiger charge is -2.28. The van der Waals surface area contributed by atoms with Crippen molar-refractivity contribution in [2.24, 2.45) is 0 Å². The number of aromatic nitrogens is 1. The van der Waals surface area contributed by atoms with E-state index in [1.165, 1.54) is 0 Å². The van der Waals surface area contributed by atoms with Gasteiger partial charge in [-0.25, -0.2) is 8.42 Å². The smallest absolute Gasteiger partial charge is 0.276 e. The van der Waals surface area contributed by atoms with Gasteiger partial charge in [-0.1, -0.05) is 59.2 Å². The van der Waals surface area contributed by atoms with Gasteiger partial charge in [0.2, 0.25) is 0 Å². The second-order valence-corrected chi connectivity index (χ2v) is 10.9. The third-order valence-electron chi connectivity index (χ3n) is 5.99. The highest BCUT2D eigenvalue weighted by Gasteiger charge is 2.36. The van der Waals surface area contributed by atoms with Gasteiger partial charge in [-0.2, -0.15) is 0 Å². The van der Waals surface area contributed by atoms with E-state index in [4.69, 9.17) is 16.1 Å². The Kier molecular flexibility index (Phi) is 5.68. The van der Waals surface area contributed by atoms with Crippen LogP contribution in [0.5, 0.6) is 0 Å². The Hall–Kier alpha value is -3.16. The highest BCUT2D eigenvalue weighted by Crippen LogP contribution is 2.27. The summed E-state index contributed by atoms with van der Waals surface area (Å²) in [6.45, 7) is 0.281. The molecular weight excluding hydrogens is 460 g/mol. The van der Waals surface area contributed by atoms with Crippen LogP contribution in [-0.2, 0) is 16.4 Å². The fraction of sp³-hybridized carbons (Fsp3) is 0.200. The van der Waals surface area contributed by atoms with Crippen LogP contribution in [-0.4, -0.2) is 41.9 Å². The number of carbonyl (C=O) groups is 1. The molecule has 8 heteroatoms. The largest absolute Gasteiger partial charge is 0.355 e. The topological polar surface area (TPSA) is 80.5 Å². The first kappa shape index (κ1) is 21.7. The molecule has 1 aromatic heterocycles. The van der Waals surface area contributed by atoms with Gasteiger partial charge in [0, 0.05) is 29.2 Å². The maximum Gasteiger partial charge on any atom is 0.276 e. The van der Waals surface area contributed by atoms with E-state index in [1.807, 2.05) is 42.5 Å². The fourth-order valence-corrected chi connectivity index (χ4v) is 6.13. The Morgan fingerprint density at radius 3 is 2.58 bits per heavy atom. The normalized spacial score (nSPS) is 17.3. The summed E-state index contributed by atoms with van der Waals surface area (Å²) in [5.41, 5.74) is 1.84. The standard InChI is InChI=1S/C25H21ClN2O4S/c26-20-10-8-18(9-11-20)24-14-23(27-32-24)25(29)28(21-12-13-33(30,31)16-21)15-19-6-3-5-17-4-1-2-7-22(17)19/h1-11,14,21H,12-13,15-16H2/t21-/m0/s1. The Labute approximate surface area is 196 Å². The molecule has 33 heavy (non-hydrogen) atoms. The van der Waals surface area contributed by atoms with Crippen molar-refractivity contribution in [2.75, 3.05) is 11.5 Å². The molecule has 1 aliphatic rings. The molecule has 1 atom stereocenters. The minimum atomic E-state index is -3.18. The average Bonchev–Trinajstić information content (AvgIpc) is 3.44. The van der Waals surface area contributed by atoms with E-state index in [0.29, 0.717) is 17.2 Å². The van der Waals surface area contributed by atoms with Gasteiger partial charge >= 0.3 is 0 Å². The molecule has 1 fully saturated rings. The van der Waals surface area contributed by atoms with Crippen LogP contribution in [0.1, 0.15) is 22.5 Å². The number of rotatable bonds is 5. The molecule has 6 nitrogen and oxygen atoms in total. The van der Waals surface area contributed by atoms with Gasteiger partial charge in [0.05, 0.1) is 11.5 Å². The molecule has 3 aromatic carbocycles. The van der Waals surface area contributed by atoms with Crippen molar-refractivity contribution in [2.45, 2.75) is 19.0 Å². The molecule has 4 aromatic rings. The van der Waals surface area contributed by atoms with Gasteiger partial charge in [-0.15, -0.1) is 0 Å². The number of carbonyl (C=O) groups excluding carboxylic acids is 1. The lowest BCUT2D eigenvalue weighted by Crippen LogP contribution is -2.40. The van der Waals surface area contributed by atoms with Crippen LogP contribution >= 0.6 is 11.6 Å². The van der Waals surface area contributed by atoms with E-state index in [1.54, 1.807) is 35.2 Å². The van der Waals surface area contributed by atoms with Crippen molar-refractivity contribution in [1.29, 1.82) is 0 Å². The quantitative estimate of drug-likeness (QED) is 0.402. The number of halogens is 1. The van der Waals surface area contributed by atoms with E-state index < -0.39 is 15.9 Å². The highest BCUT2D eigenvalue weighted by molar-refractivity contribution is 7.91. The van der Waals surface area contributed by atoms with Gasteiger partial charge < -0.3 is 9.42 Å². The van der Waals surface area contributed by atoms with Crippen molar-refractivity contribution < 1.29 is 17.7 Å². The Bertz CT molecular complexity index is 1430. The zero-order valence-electron chi connectivity index (χ0n) is 17.6. The van der Waals surface area contributed by atoms with Crippen molar-refractivity contribution >= 4 is 38.1 Å². The summed E-state index contributed by atoms with van der Waals surface area (Å²) in [5.74, 6) is 0.116. The maximum atomic E-state index is 13.6. The summed E-state index contributed by atoms with van der Waals surface area (Å²) < 4.78 is 29.8. The molecule has 2 heterocycles. The first-order chi connectivity index (χ1) is 15.9. The number of hydrogen-bond acceptors (Lipinski definition) is 5. The van der Waals surface area contributed by atoms with Crippen LogP contribution in [0.2, 0.25) is 5.02 Å². The van der Waals surface area contributed by atoms with Crippen LogP contribution < -0.4 is 0 Å². The van der Waals surface area contributed by atoms with Crippen LogP contribution in [0.25, 0.3) is 22.1 Å². The molecule has 0 spiro atoms. The van der Waals surface area contributed by atoms with Crippen LogP contribution in [0.15, 0.2) is 77.3 Å². The molecule has 1 saturated heterocycles. The van der Waals surface area contributed by atoms with Crippen molar-refractivity contribution in [3.8, 4) is 11.3 Å². The van der Waals surface area contributed by atoms with E-state index in [9.17, 15) is 13.2 Å². The third kappa shape index (κ3) is 4.51. The molecule has 0 radical (unpaired) electrons. The number of hydrogen-bond donors (Lipinski definition) is 0. The summed E-state index contributed by atoms with van der Waals surface area (Å²) in [4.78, 5) is 15.2. The number of benzene rings is 3. The van der Waals surface area contributed by atoms with Crippen molar-refractivity contribution in [3.63, 3.8) is 0 Å². The van der Waals surface area contributed by atoms with Gasteiger partial charge in [0.25, 0.3) is 5.91 Å². The monoisotopic (exact) mass is 480 g/mol. The molecule has 0 bridgehead atoms. The van der Waals surface area contributed by atoms with E-state index in [0.717, 1.165) is 21.9 Å². The minimum Gasteiger partial charge on any atom is -0.355 e. The Morgan fingerprint density at radius 2 is 1.82 bits per heavy atom. The predicted octanol–water partition coefficient (Wildman–Crippen LogP) is 4.98. The third-order valence-corrected chi connectivity index (χ3v) is 7.99. The first-order valence-electron chi connectivity index (χ1n) is 10.6. The molecular formula is C25H21ClN2O4S. The summed E-state index contributed by atoms with van der Waals surface area (Å²) in [7, 11) is -3.18. The van der Waals surface area contributed by atoms with Gasteiger partial charge in [-0.3, -0.25) is 4.79 Å². The van der Waals surface area contributed by atoms with E-state index >= 15 is 0 Å². The van der Waals surface area contributed by atoms with Crippen molar-refractivity contribution in [3.05, 3.63) is 89.1 Å². The summed E-state index contributed by atoms with van der Waals surface area (Å²) >= 11 is 5.95. The van der Waals surface area contributed by atoms with Gasteiger partial charge in [0.1, 0.15) is 0 Å².